The van der Waals surface area contributed by atoms with Crippen molar-refractivity contribution in [2.75, 3.05) is 18.4 Å². The molecule has 176 valence electrons. The summed E-state index contributed by atoms with van der Waals surface area (Å²) < 4.78 is 0. The Morgan fingerprint density at radius 3 is 2.55 bits per heavy atom. The zero-order chi connectivity index (χ0) is 21.5. The van der Waals surface area contributed by atoms with E-state index in [4.69, 9.17) is 0 Å². The summed E-state index contributed by atoms with van der Waals surface area (Å²) in [5, 5.41) is 16.6. The van der Waals surface area contributed by atoms with E-state index >= 15 is 0 Å². The van der Waals surface area contributed by atoms with Crippen LogP contribution in [0.25, 0.3) is 0 Å². The third-order valence-corrected chi connectivity index (χ3v) is 5.85. The average Bonchev–Trinajstić information content (AvgIpc) is 2.83. The van der Waals surface area contributed by atoms with Crippen LogP contribution in [-0.4, -0.2) is 29.1 Å². The van der Waals surface area contributed by atoms with Gasteiger partial charge in [-0.1, -0.05) is 48.5 Å². The number of hydrogen-bond acceptors (Lipinski definition) is 4. The van der Waals surface area contributed by atoms with E-state index in [1.165, 1.54) is 11.1 Å². The number of aryl methyl sites for hydroxylation is 1. The second kappa shape index (κ2) is 13.3. The number of aliphatic hydroxyl groups is 1. The van der Waals surface area contributed by atoms with Crippen molar-refractivity contribution < 1.29 is 9.90 Å². The summed E-state index contributed by atoms with van der Waals surface area (Å²) in [6, 6.07) is 21.7. The summed E-state index contributed by atoms with van der Waals surface area (Å²) in [6.45, 7) is 1.30. The lowest BCUT2D eigenvalue weighted by molar-refractivity contribution is -0.118. The van der Waals surface area contributed by atoms with Crippen LogP contribution in [-0.2, 0) is 17.6 Å². The molecule has 5 nitrogen and oxygen atoms in total. The highest BCUT2D eigenvalue weighted by Gasteiger charge is 2.27. The molecule has 1 aliphatic carbocycles. The Kier molecular flexibility index (Phi) is 10.8. The van der Waals surface area contributed by atoms with Gasteiger partial charge in [0.15, 0.2) is 0 Å². The number of aliphatic hydroxyl groups excluding tert-OH is 1. The molecule has 2 aromatic carbocycles. The lowest BCUT2D eigenvalue weighted by Crippen LogP contribution is -2.25. The number of halogens is 2. The number of amides is 1. The quantitative estimate of drug-likeness (QED) is 0.397. The summed E-state index contributed by atoms with van der Waals surface area (Å²) in [5.74, 6) is -0.158. The highest BCUT2D eigenvalue weighted by atomic mass is 35.5. The Labute approximate surface area is 207 Å². The smallest absolute Gasteiger partial charge is 0.233 e. The van der Waals surface area contributed by atoms with Gasteiger partial charge in [0.25, 0.3) is 0 Å². The number of nitrogens with one attached hydrogen (secondary N) is 2. The molecule has 3 N–H and O–H groups in total. The first kappa shape index (κ1) is 26.8. The van der Waals surface area contributed by atoms with Crippen molar-refractivity contribution in [1.29, 1.82) is 0 Å². The van der Waals surface area contributed by atoms with Crippen molar-refractivity contribution in [2.45, 2.75) is 37.7 Å². The Hall–Kier alpha value is -2.44. The van der Waals surface area contributed by atoms with Crippen LogP contribution in [0.2, 0.25) is 0 Å². The molecule has 4 rings (SSSR count). The van der Waals surface area contributed by atoms with E-state index in [9.17, 15) is 9.90 Å². The van der Waals surface area contributed by atoms with Crippen molar-refractivity contribution in [1.82, 2.24) is 10.3 Å². The number of carbonyl (C=O) groups is 1. The molecular weight excluding hydrogens is 457 g/mol. The van der Waals surface area contributed by atoms with E-state index in [1.54, 1.807) is 6.20 Å². The standard InChI is InChI=1S/C26H29N3O2.2ClH/c30-24(20-6-2-1-3-7-20)18-27-17-15-19-11-13-22(14-12-19)29-26(31)23-10-4-8-21-9-5-16-28-25(21)23;;/h1-3,5-7,9,11-14,16,23-24,27,30H,4,8,10,15,17-18H2,(H,29,31);2*1H/t23?,24-;;/m0../s1. The van der Waals surface area contributed by atoms with Gasteiger partial charge >= 0.3 is 0 Å². The molecule has 1 aliphatic rings. The van der Waals surface area contributed by atoms with Gasteiger partial charge in [-0.2, -0.15) is 0 Å². The van der Waals surface area contributed by atoms with Crippen molar-refractivity contribution in [2.24, 2.45) is 0 Å². The summed E-state index contributed by atoms with van der Waals surface area (Å²) in [7, 11) is 0. The predicted octanol–water partition coefficient (Wildman–Crippen LogP) is 4.85. The highest BCUT2D eigenvalue weighted by molar-refractivity contribution is 5.95. The fourth-order valence-corrected chi connectivity index (χ4v) is 4.11. The molecule has 7 heteroatoms. The van der Waals surface area contributed by atoms with Crippen molar-refractivity contribution in [3.8, 4) is 0 Å². The molecule has 33 heavy (non-hydrogen) atoms. The van der Waals surface area contributed by atoms with Crippen molar-refractivity contribution >= 4 is 36.4 Å². The monoisotopic (exact) mass is 487 g/mol. The first-order valence-corrected chi connectivity index (χ1v) is 11.0. The number of benzene rings is 2. The molecular formula is C26H31Cl2N3O2. The van der Waals surface area contributed by atoms with Crippen LogP contribution in [0.3, 0.4) is 0 Å². The number of anilines is 1. The Bertz CT molecular complexity index is 1000. The first-order chi connectivity index (χ1) is 15.2. The van der Waals surface area contributed by atoms with E-state index in [1.807, 2.05) is 60.7 Å². The molecule has 3 aromatic rings. The van der Waals surface area contributed by atoms with Crippen LogP contribution in [0.5, 0.6) is 0 Å². The maximum atomic E-state index is 12.8. The molecule has 0 saturated heterocycles. The second-order valence-corrected chi connectivity index (χ2v) is 8.06. The van der Waals surface area contributed by atoms with Gasteiger partial charge in [0.2, 0.25) is 5.91 Å². The minimum absolute atomic E-state index is 0. The summed E-state index contributed by atoms with van der Waals surface area (Å²) in [5.41, 5.74) is 5.03. The van der Waals surface area contributed by atoms with E-state index < -0.39 is 6.10 Å². The third kappa shape index (κ3) is 7.27. The molecule has 0 fully saturated rings. The van der Waals surface area contributed by atoms with Crippen LogP contribution in [0, 0.1) is 0 Å². The fraction of sp³-hybridized carbons (Fsp3) is 0.308. The summed E-state index contributed by atoms with van der Waals surface area (Å²) in [4.78, 5) is 17.3. The van der Waals surface area contributed by atoms with Crippen LogP contribution >= 0.6 is 24.8 Å². The minimum atomic E-state index is -0.502. The van der Waals surface area contributed by atoms with E-state index in [0.717, 1.165) is 49.2 Å². The van der Waals surface area contributed by atoms with Gasteiger partial charge in [-0.3, -0.25) is 9.78 Å². The van der Waals surface area contributed by atoms with Gasteiger partial charge in [0, 0.05) is 18.4 Å². The molecule has 0 radical (unpaired) electrons. The Morgan fingerprint density at radius 2 is 1.79 bits per heavy atom. The molecule has 1 unspecified atom stereocenters. The number of rotatable bonds is 8. The molecule has 2 atom stereocenters. The van der Waals surface area contributed by atoms with Crippen LogP contribution in [0.1, 0.15) is 47.2 Å². The number of fused-ring (bicyclic) bond motifs is 1. The van der Waals surface area contributed by atoms with Crippen molar-refractivity contribution in [3.63, 3.8) is 0 Å². The van der Waals surface area contributed by atoms with Gasteiger partial charge in [0.1, 0.15) is 0 Å². The number of carbonyl (C=O) groups excluding carboxylic acids is 1. The van der Waals surface area contributed by atoms with Crippen LogP contribution < -0.4 is 10.6 Å². The number of pyridine rings is 1. The number of hydrogen-bond donors (Lipinski definition) is 3. The van der Waals surface area contributed by atoms with Crippen LogP contribution in [0.15, 0.2) is 72.9 Å². The zero-order valence-corrected chi connectivity index (χ0v) is 20.1. The topological polar surface area (TPSA) is 74.2 Å². The fourth-order valence-electron chi connectivity index (χ4n) is 4.11. The largest absolute Gasteiger partial charge is 0.387 e. The molecule has 0 spiro atoms. The van der Waals surface area contributed by atoms with E-state index in [-0.39, 0.29) is 36.6 Å². The molecule has 0 saturated carbocycles. The number of aromatic nitrogens is 1. The van der Waals surface area contributed by atoms with Gasteiger partial charge in [0.05, 0.1) is 17.7 Å². The Balaban J connectivity index is 0.00000193. The Morgan fingerprint density at radius 1 is 1.03 bits per heavy atom. The minimum Gasteiger partial charge on any atom is -0.387 e. The van der Waals surface area contributed by atoms with Gasteiger partial charge in [-0.25, -0.2) is 0 Å². The van der Waals surface area contributed by atoms with Gasteiger partial charge in [-0.05, 0) is 67.1 Å². The van der Waals surface area contributed by atoms with E-state index in [0.29, 0.717) is 6.54 Å². The zero-order valence-electron chi connectivity index (χ0n) is 18.4. The second-order valence-electron chi connectivity index (χ2n) is 8.06. The third-order valence-electron chi connectivity index (χ3n) is 5.85. The predicted molar refractivity (Wildman–Crippen MR) is 137 cm³/mol. The lowest BCUT2D eigenvalue weighted by atomic mass is 9.86. The molecule has 1 aromatic heterocycles. The maximum absolute atomic E-state index is 12.8. The lowest BCUT2D eigenvalue weighted by Gasteiger charge is -2.23. The summed E-state index contributed by atoms with van der Waals surface area (Å²) in [6.07, 6.45) is 4.98. The molecule has 1 amide bonds. The summed E-state index contributed by atoms with van der Waals surface area (Å²) >= 11 is 0. The molecule has 0 aliphatic heterocycles. The molecule has 0 bridgehead atoms. The maximum Gasteiger partial charge on any atom is 0.233 e. The van der Waals surface area contributed by atoms with Gasteiger partial charge < -0.3 is 15.7 Å². The van der Waals surface area contributed by atoms with Crippen LogP contribution in [0.4, 0.5) is 5.69 Å². The van der Waals surface area contributed by atoms with E-state index in [2.05, 4.69) is 21.7 Å². The SMILES string of the molecule is Cl.Cl.O=C(Nc1ccc(CCNC[C@H](O)c2ccccc2)cc1)C1CCCc2cccnc21. The highest BCUT2D eigenvalue weighted by Crippen LogP contribution is 2.30. The first-order valence-electron chi connectivity index (χ1n) is 11.0. The van der Waals surface area contributed by atoms with Crippen molar-refractivity contribution in [3.05, 3.63) is 95.3 Å². The van der Waals surface area contributed by atoms with Gasteiger partial charge in [-0.15, -0.1) is 24.8 Å². The average molecular weight is 488 g/mol. The number of nitrogens with zero attached hydrogens (tertiary/aromatic N) is 1. The molecule has 1 heterocycles. The normalized spacial score (nSPS) is 15.4.